The molecule has 1 N–H and O–H groups in total. The number of aliphatic hydroxyl groups is 1. The number of ether oxygens (including phenoxy) is 1. The van der Waals surface area contributed by atoms with Crippen LogP contribution in [0.2, 0.25) is 0 Å². The Kier molecular flexibility index (Phi) is 6.42. The van der Waals surface area contributed by atoms with E-state index in [0.717, 1.165) is 31.6 Å². The molecule has 0 spiro atoms. The van der Waals surface area contributed by atoms with E-state index in [1.807, 2.05) is 7.11 Å². The minimum absolute atomic E-state index is 0. The number of hydrogen-bond acceptors (Lipinski definition) is 3. The van der Waals surface area contributed by atoms with E-state index in [1.165, 1.54) is 32.1 Å². The molecule has 4 fully saturated rings. The third-order valence-corrected chi connectivity index (χ3v) is 9.59. The fourth-order valence-corrected chi connectivity index (χ4v) is 7.87. The Labute approximate surface area is 202 Å². The molecule has 4 heteroatoms. The standard InChI is InChI=1S/C21H35O3.Rb/c1-19-9-7-18-16(17(19)8-10-20(19,2)24-3)5-4-14-12-15(23)6-11-21(14,18)13-22;/h14-18,23H,4-13H2,1-3H3;/q-1;+1/t14?,15-,16?,17?,18+,19?,20+,21?;/m1./s1. The second-order valence-electron chi connectivity index (χ2n) is 9.89. The molecule has 4 aliphatic carbocycles. The molecule has 0 radical (unpaired) electrons. The Balaban J connectivity index is 0.00000182. The molecule has 8 atom stereocenters. The van der Waals surface area contributed by atoms with Crippen molar-refractivity contribution in [3.8, 4) is 0 Å². The van der Waals surface area contributed by atoms with Crippen LogP contribution in [0.25, 0.3) is 0 Å². The minimum Gasteiger partial charge on any atom is -0.854 e. The smallest absolute Gasteiger partial charge is 0.854 e. The normalized spacial score (nSPS) is 54.8. The summed E-state index contributed by atoms with van der Waals surface area (Å²) in [4.78, 5) is 0. The summed E-state index contributed by atoms with van der Waals surface area (Å²) in [6.45, 7) is 4.86. The first kappa shape index (κ1) is 21.4. The van der Waals surface area contributed by atoms with Gasteiger partial charge in [0.05, 0.1) is 11.7 Å². The van der Waals surface area contributed by atoms with Crippen LogP contribution in [0.4, 0.5) is 0 Å². The summed E-state index contributed by atoms with van der Waals surface area (Å²) < 4.78 is 6.03. The Hall–Kier alpha value is 1.69. The van der Waals surface area contributed by atoms with Gasteiger partial charge in [-0.3, -0.25) is 0 Å². The maximum Gasteiger partial charge on any atom is 1.00 e. The molecule has 25 heavy (non-hydrogen) atoms. The number of rotatable bonds is 2. The Bertz CT molecular complexity index is 500. The zero-order valence-electron chi connectivity index (χ0n) is 16.7. The van der Waals surface area contributed by atoms with Gasteiger partial charge in [-0.15, -0.1) is 6.61 Å². The maximum atomic E-state index is 12.5. The van der Waals surface area contributed by atoms with Gasteiger partial charge in [0.25, 0.3) is 0 Å². The van der Waals surface area contributed by atoms with Gasteiger partial charge in [-0.2, -0.15) is 0 Å². The van der Waals surface area contributed by atoms with Crippen LogP contribution in [0.5, 0.6) is 0 Å². The molecule has 4 aliphatic rings. The molecule has 0 aromatic heterocycles. The van der Waals surface area contributed by atoms with Crippen LogP contribution < -0.4 is 63.3 Å². The first-order valence-corrected chi connectivity index (χ1v) is 10.2. The summed E-state index contributed by atoms with van der Waals surface area (Å²) in [5, 5.41) is 22.6. The van der Waals surface area contributed by atoms with Gasteiger partial charge in [0.1, 0.15) is 0 Å². The van der Waals surface area contributed by atoms with E-state index >= 15 is 0 Å². The summed E-state index contributed by atoms with van der Waals surface area (Å²) in [6, 6.07) is 0. The van der Waals surface area contributed by atoms with Crippen molar-refractivity contribution in [3.05, 3.63) is 0 Å². The van der Waals surface area contributed by atoms with E-state index in [4.69, 9.17) is 4.74 Å². The Morgan fingerprint density at radius 1 is 1.00 bits per heavy atom. The molecule has 0 aliphatic heterocycles. The Morgan fingerprint density at radius 3 is 2.40 bits per heavy atom. The van der Waals surface area contributed by atoms with Crippen molar-refractivity contribution in [2.45, 2.75) is 83.3 Å². The second kappa shape index (κ2) is 7.50. The molecule has 0 amide bonds. The zero-order chi connectivity index (χ0) is 17.2. The van der Waals surface area contributed by atoms with Crippen LogP contribution in [0.15, 0.2) is 0 Å². The third kappa shape index (κ3) is 2.97. The van der Waals surface area contributed by atoms with Crippen molar-refractivity contribution in [3.63, 3.8) is 0 Å². The summed E-state index contributed by atoms with van der Waals surface area (Å²) >= 11 is 0. The van der Waals surface area contributed by atoms with Crippen molar-refractivity contribution in [2.75, 3.05) is 13.7 Å². The van der Waals surface area contributed by atoms with Gasteiger partial charge in [0, 0.05) is 7.11 Å². The van der Waals surface area contributed by atoms with Crippen molar-refractivity contribution >= 4 is 0 Å². The predicted octanol–water partition coefficient (Wildman–Crippen LogP) is 0.140. The fourth-order valence-electron chi connectivity index (χ4n) is 7.87. The van der Waals surface area contributed by atoms with Crippen LogP contribution >= 0.6 is 0 Å². The van der Waals surface area contributed by atoms with Gasteiger partial charge in [-0.25, -0.2) is 0 Å². The molecule has 0 aromatic rings. The van der Waals surface area contributed by atoms with Crippen molar-refractivity contribution in [1.29, 1.82) is 0 Å². The summed E-state index contributed by atoms with van der Waals surface area (Å²) in [6.07, 6.45) is 9.80. The molecule has 138 valence electrons. The van der Waals surface area contributed by atoms with E-state index < -0.39 is 0 Å². The maximum absolute atomic E-state index is 12.5. The third-order valence-electron chi connectivity index (χ3n) is 9.59. The number of methoxy groups -OCH3 is 1. The second-order valence-corrected chi connectivity index (χ2v) is 9.89. The van der Waals surface area contributed by atoms with E-state index in [1.54, 1.807) is 0 Å². The van der Waals surface area contributed by atoms with Crippen LogP contribution in [-0.4, -0.2) is 30.5 Å². The SMILES string of the molecule is CO[C@@]1(C)CCC2C3CCC4C[C@H](O)CCC4(C[O-])[C@H]3CCC21C.[Rb+]. The van der Waals surface area contributed by atoms with Crippen molar-refractivity contribution in [1.82, 2.24) is 0 Å². The molecule has 0 aromatic carbocycles. The first-order chi connectivity index (χ1) is 11.4. The van der Waals surface area contributed by atoms with Gasteiger partial charge in [0.2, 0.25) is 0 Å². The largest absolute Gasteiger partial charge is 1.00 e. The van der Waals surface area contributed by atoms with Crippen LogP contribution in [-0.2, 0) is 4.74 Å². The van der Waals surface area contributed by atoms with Crippen LogP contribution in [0.3, 0.4) is 0 Å². The Morgan fingerprint density at radius 2 is 1.72 bits per heavy atom. The molecule has 4 rings (SSSR count). The predicted molar refractivity (Wildman–Crippen MR) is 92.3 cm³/mol. The van der Waals surface area contributed by atoms with E-state index in [2.05, 4.69) is 13.8 Å². The first-order valence-electron chi connectivity index (χ1n) is 10.2. The quantitative estimate of drug-likeness (QED) is 0.691. The van der Waals surface area contributed by atoms with E-state index in [-0.39, 0.29) is 87.3 Å². The average Bonchev–Trinajstić information content (AvgIpc) is 2.86. The zero-order valence-corrected chi connectivity index (χ0v) is 21.6. The topological polar surface area (TPSA) is 52.5 Å². The molecule has 0 saturated heterocycles. The molecule has 0 bridgehead atoms. The number of aliphatic hydroxyl groups excluding tert-OH is 1. The number of fused-ring (bicyclic) bond motifs is 5. The van der Waals surface area contributed by atoms with Gasteiger partial charge in [-0.1, -0.05) is 6.92 Å². The molecule has 4 saturated carbocycles. The van der Waals surface area contributed by atoms with Gasteiger partial charge in [0.15, 0.2) is 0 Å². The summed E-state index contributed by atoms with van der Waals surface area (Å²) in [7, 11) is 1.89. The van der Waals surface area contributed by atoms with Crippen LogP contribution in [0.1, 0.15) is 71.6 Å². The van der Waals surface area contributed by atoms with Gasteiger partial charge < -0.3 is 14.9 Å². The number of hydrogen-bond donors (Lipinski definition) is 1. The molecular weight excluding hydrogens is 386 g/mol. The van der Waals surface area contributed by atoms with E-state index in [0.29, 0.717) is 17.8 Å². The fraction of sp³-hybridized carbons (Fsp3) is 1.00. The van der Waals surface area contributed by atoms with Crippen molar-refractivity contribution < 1.29 is 73.1 Å². The van der Waals surface area contributed by atoms with Gasteiger partial charge in [-0.05, 0) is 99.2 Å². The monoisotopic (exact) mass is 420 g/mol. The van der Waals surface area contributed by atoms with Crippen molar-refractivity contribution in [2.24, 2.45) is 34.5 Å². The van der Waals surface area contributed by atoms with Gasteiger partial charge >= 0.3 is 58.2 Å². The summed E-state index contributed by atoms with van der Waals surface area (Å²) in [5.74, 6) is 2.50. The molecule has 5 unspecified atom stereocenters. The average molecular weight is 421 g/mol. The molecule has 0 heterocycles. The minimum atomic E-state index is -0.164. The van der Waals surface area contributed by atoms with Crippen LogP contribution in [0, 0.1) is 34.5 Å². The van der Waals surface area contributed by atoms with E-state index in [9.17, 15) is 10.2 Å². The summed E-state index contributed by atoms with van der Waals surface area (Å²) in [5.41, 5.74) is 0.260. The molecular formula is C21H35O3Rb. The molecule has 3 nitrogen and oxygen atoms in total.